The third-order valence-electron chi connectivity index (χ3n) is 4.05. The van der Waals surface area contributed by atoms with Crippen molar-refractivity contribution in [3.63, 3.8) is 0 Å². The molecule has 3 rings (SSSR count). The summed E-state index contributed by atoms with van der Waals surface area (Å²) in [6, 6.07) is 8.90. The number of rotatable bonds is 3. The molecule has 1 heterocycles. The molecule has 96 valence electrons. The maximum absolute atomic E-state index is 11.9. The lowest BCUT2D eigenvalue weighted by Crippen LogP contribution is -2.46. The van der Waals surface area contributed by atoms with Crippen LogP contribution in [-0.4, -0.2) is 25.0 Å². The number of hydrogen-bond donors (Lipinski definition) is 2. The standard InChI is InChI=1S/C15H20N2O/c18-15(7-11-9-16-10-11)17-14-6-5-12-3-1-2-4-13(12)8-14/h1-4,11,14,16H,5-10H2,(H,17,18). The molecule has 1 amide bonds. The van der Waals surface area contributed by atoms with Gasteiger partial charge < -0.3 is 10.6 Å². The summed E-state index contributed by atoms with van der Waals surface area (Å²) in [7, 11) is 0. The van der Waals surface area contributed by atoms with Gasteiger partial charge in [-0.05, 0) is 49.4 Å². The van der Waals surface area contributed by atoms with E-state index in [4.69, 9.17) is 0 Å². The number of benzene rings is 1. The van der Waals surface area contributed by atoms with Crippen LogP contribution in [0.5, 0.6) is 0 Å². The highest BCUT2D eigenvalue weighted by Crippen LogP contribution is 2.21. The molecule has 1 aromatic carbocycles. The van der Waals surface area contributed by atoms with Gasteiger partial charge in [0, 0.05) is 12.5 Å². The Balaban J connectivity index is 1.54. The van der Waals surface area contributed by atoms with E-state index in [-0.39, 0.29) is 5.91 Å². The lowest BCUT2D eigenvalue weighted by atomic mass is 9.88. The van der Waals surface area contributed by atoms with E-state index in [1.54, 1.807) is 0 Å². The number of carbonyl (C=O) groups is 1. The molecule has 3 nitrogen and oxygen atoms in total. The molecule has 2 aliphatic rings. The maximum atomic E-state index is 11.9. The molecule has 1 aliphatic heterocycles. The Morgan fingerprint density at radius 2 is 2.06 bits per heavy atom. The first-order valence-corrected chi connectivity index (χ1v) is 6.88. The van der Waals surface area contributed by atoms with Gasteiger partial charge in [-0.3, -0.25) is 4.79 Å². The second kappa shape index (κ2) is 5.11. The minimum Gasteiger partial charge on any atom is -0.353 e. The van der Waals surface area contributed by atoms with Gasteiger partial charge in [-0.1, -0.05) is 24.3 Å². The van der Waals surface area contributed by atoms with Crippen molar-refractivity contribution in [2.45, 2.75) is 31.7 Å². The molecule has 0 radical (unpaired) electrons. The van der Waals surface area contributed by atoms with Crippen LogP contribution in [0.1, 0.15) is 24.0 Å². The molecule has 3 heteroatoms. The van der Waals surface area contributed by atoms with Gasteiger partial charge in [-0.2, -0.15) is 0 Å². The van der Waals surface area contributed by atoms with Crippen LogP contribution in [0.25, 0.3) is 0 Å². The molecular weight excluding hydrogens is 224 g/mol. The molecule has 1 fully saturated rings. The second-order valence-corrected chi connectivity index (χ2v) is 5.50. The van der Waals surface area contributed by atoms with E-state index in [0.717, 1.165) is 32.4 Å². The molecule has 1 saturated heterocycles. The van der Waals surface area contributed by atoms with E-state index in [9.17, 15) is 4.79 Å². The predicted octanol–water partition coefficient (Wildman–Crippen LogP) is 1.27. The minimum absolute atomic E-state index is 0.228. The van der Waals surface area contributed by atoms with Crippen molar-refractivity contribution < 1.29 is 4.79 Å². The highest BCUT2D eigenvalue weighted by atomic mass is 16.1. The van der Waals surface area contributed by atoms with Gasteiger partial charge in [0.25, 0.3) is 0 Å². The van der Waals surface area contributed by atoms with Gasteiger partial charge in [-0.25, -0.2) is 0 Å². The second-order valence-electron chi connectivity index (χ2n) is 5.50. The normalized spacial score (nSPS) is 23.0. The van der Waals surface area contributed by atoms with Crippen LogP contribution in [-0.2, 0) is 17.6 Å². The van der Waals surface area contributed by atoms with Crippen molar-refractivity contribution >= 4 is 5.91 Å². The third-order valence-corrected chi connectivity index (χ3v) is 4.05. The van der Waals surface area contributed by atoms with Crippen molar-refractivity contribution in [1.29, 1.82) is 0 Å². The summed E-state index contributed by atoms with van der Waals surface area (Å²) in [5, 5.41) is 6.40. The van der Waals surface area contributed by atoms with Gasteiger partial charge in [0.05, 0.1) is 0 Å². The van der Waals surface area contributed by atoms with Crippen LogP contribution in [0.15, 0.2) is 24.3 Å². The molecular formula is C15H20N2O. The third kappa shape index (κ3) is 2.56. The van der Waals surface area contributed by atoms with Crippen LogP contribution in [0.3, 0.4) is 0 Å². The Morgan fingerprint density at radius 3 is 2.78 bits per heavy atom. The first-order chi connectivity index (χ1) is 8.81. The van der Waals surface area contributed by atoms with E-state index in [1.807, 2.05) is 0 Å². The molecule has 18 heavy (non-hydrogen) atoms. The van der Waals surface area contributed by atoms with Crippen molar-refractivity contribution in [1.82, 2.24) is 10.6 Å². The summed E-state index contributed by atoms with van der Waals surface area (Å²) in [4.78, 5) is 11.9. The van der Waals surface area contributed by atoms with E-state index >= 15 is 0 Å². The van der Waals surface area contributed by atoms with E-state index < -0.39 is 0 Å². The molecule has 1 aromatic rings. The maximum Gasteiger partial charge on any atom is 0.220 e. The number of fused-ring (bicyclic) bond motifs is 1. The Bertz CT molecular complexity index is 440. The lowest BCUT2D eigenvalue weighted by molar-refractivity contribution is -0.123. The summed E-state index contributed by atoms with van der Waals surface area (Å²) in [5.41, 5.74) is 2.85. The smallest absolute Gasteiger partial charge is 0.220 e. The largest absolute Gasteiger partial charge is 0.353 e. The molecule has 0 bridgehead atoms. The van der Waals surface area contributed by atoms with Crippen molar-refractivity contribution in [3.05, 3.63) is 35.4 Å². The zero-order valence-electron chi connectivity index (χ0n) is 10.6. The van der Waals surface area contributed by atoms with Crippen LogP contribution in [0.4, 0.5) is 0 Å². The average Bonchev–Trinajstić information content (AvgIpc) is 2.34. The SMILES string of the molecule is O=C(CC1CNC1)NC1CCc2ccccc2C1. The fourth-order valence-corrected chi connectivity index (χ4v) is 2.86. The quantitative estimate of drug-likeness (QED) is 0.840. The zero-order chi connectivity index (χ0) is 12.4. The lowest BCUT2D eigenvalue weighted by Gasteiger charge is -2.29. The van der Waals surface area contributed by atoms with Gasteiger partial charge in [0.1, 0.15) is 0 Å². The summed E-state index contributed by atoms with van der Waals surface area (Å²) < 4.78 is 0. The van der Waals surface area contributed by atoms with Gasteiger partial charge in [0.2, 0.25) is 5.91 Å². The summed E-state index contributed by atoms with van der Waals surface area (Å²) in [6.45, 7) is 2.00. The first-order valence-electron chi connectivity index (χ1n) is 6.88. The highest BCUT2D eigenvalue weighted by molar-refractivity contribution is 5.76. The molecule has 0 spiro atoms. The fourth-order valence-electron chi connectivity index (χ4n) is 2.86. The average molecular weight is 244 g/mol. The Labute approximate surface area is 108 Å². The summed E-state index contributed by atoms with van der Waals surface area (Å²) in [5.74, 6) is 0.784. The molecule has 0 saturated carbocycles. The number of carbonyl (C=O) groups excluding carboxylic acids is 1. The van der Waals surface area contributed by atoms with Crippen LogP contribution in [0.2, 0.25) is 0 Å². The van der Waals surface area contributed by atoms with Crippen molar-refractivity contribution in [2.24, 2.45) is 5.92 Å². The van der Waals surface area contributed by atoms with Gasteiger partial charge in [0.15, 0.2) is 0 Å². The van der Waals surface area contributed by atoms with Crippen LogP contribution >= 0.6 is 0 Å². The van der Waals surface area contributed by atoms with Gasteiger partial charge in [-0.15, -0.1) is 0 Å². The number of hydrogen-bond acceptors (Lipinski definition) is 2. The monoisotopic (exact) mass is 244 g/mol. The van der Waals surface area contributed by atoms with E-state index in [1.165, 1.54) is 11.1 Å². The van der Waals surface area contributed by atoms with E-state index in [0.29, 0.717) is 18.4 Å². The summed E-state index contributed by atoms with van der Waals surface area (Å²) in [6.07, 6.45) is 3.84. The highest BCUT2D eigenvalue weighted by Gasteiger charge is 2.23. The first kappa shape index (κ1) is 11.7. The number of amides is 1. The summed E-state index contributed by atoms with van der Waals surface area (Å²) >= 11 is 0. The minimum atomic E-state index is 0.228. The number of aryl methyl sites for hydroxylation is 1. The predicted molar refractivity (Wildman–Crippen MR) is 71.4 cm³/mol. The van der Waals surface area contributed by atoms with Crippen molar-refractivity contribution in [3.8, 4) is 0 Å². The fraction of sp³-hybridized carbons (Fsp3) is 0.533. The van der Waals surface area contributed by atoms with Crippen LogP contribution in [0, 0.1) is 5.92 Å². The topological polar surface area (TPSA) is 41.1 Å². The zero-order valence-corrected chi connectivity index (χ0v) is 10.6. The molecule has 2 N–H and O–H groups in total. The molecule has 1 unspecified atom stereocenters. The number of nitrogens with one attached hydrogen (secondary N) is 2. The molecule has 0 aromatic heterocycles. The molecule has 1 atom stereocenters. The molecule has 1 aliphatic carbocycles. The Morgan fingerprint density at radius 1 is 1.28 bits per heavy atom. The van der Waals surface area contributed by atoms with Crippen molar-refractivity contribution in [2.75, 3.05) is 13.1 Å². The Kier molecular flexibility index (Phi) is 3.33. The van der Waals surface area contributed by atoms with Crippen LogP contribution < -0.4 is 10.6 Å². The van der Waals surface area contributed by atoms with Gasteiger partial charge >= 0.3 is 0 Å². The van der Waals surface area contributed by atoms with E-state index in [2.05, 4.69) is 34.9 Å². The Hall–Kier alpha value is -1.35.